The number of hydrogen-bond acceptors (Lipinski definition) is 6. The van der Waals surface area contributed by atoms with Crippen molar-refractivity contribution < 1.29 is 23.9 Å². The lowest BCUT2D eigenvalue weighted by atomic mass is 9.67. The predicted molar refractivity (Wildman–Crippen MR) is 140 cm³/mol. The summed E-state index contributed by atoms with van der Waals surface area (Å²) in [6.07, 6.45) is 4.66. The Morgan fingerprint density at radius 2 is 1.74 bits per heavy atom. The normalized spacial score (nSPS) is 27.7. The van der Waals surface area contributed by atoms with Crippen molar-refractivity contribution in [3.05, 3.63) is 90.0 Å². The Balaban J connectivity index is 1.26. The van der Waals surface area contributed by atoms with Crippen molar-refractivity contribution in [2.45, 2.75) is 44.0 Å². The van der Waals surface area contributed by atoms with E-state index in [9.17, 15) is 19.6 Å². The molecule has 3 fully saturated rings. The molecule has 3 heterocycles. The zero-order valence-corrected chi connectivity index (χ0v) is 20.9. The number of imide groups is 1. The molecule has 3 saturated heterocycles. The van der Waals surface area contributed by atoms with Crippen molar-refractivity contribution in [2.24, 2.45) is 11.8 Å². The lowest BCUT2D eigenvalue weighted by Gasteiger charge is -2.30. The first-order valence-electron chi connectivity index (χ1n) is 12.7. The lowest BCUT2D eigenvalue weighted by molar-refractivity contribution is -0.139. The van der Waals surface area contributed by atoms with Gasteiger partial charge < -0.3 is 9.47 Å². The summed E-state index contributed by atoms with van der Waals surface area (Å²) in [4.78, 5) is 41.3. The molecule has 0 aromatic heterocycles. The van der Waals surface area contributed by atoms with Crippen LogP contribution in [0.25, 0.3) is 10.8 Å². The summed E-state index contributed by atoms with van der Waals surface area (Å²) in [6.45, 7) is 2.08. The predicted octanol–water partition coefficient (Wildman–Crippen LogP) is 4.83. The molecular weight excluding hydrogens is 480 g/mol. The molecule has 3 aliphatic rings. The van der Waals surface area contributed by atoms with Gasteiger partial charge in [0.2, 0.25) is 11.8 Å². The molecule has 2 bridgehead atoms. The van der Waals surface area contributed by atoms with Gasteiger partial charge in [0.25, 0.3) is 0 Å². The standard InChI is InChI=1S/C31H26N2O5/c1-30-16-17-31(38-30,15-7-12-25(34)37-19-20-8-3-2-4-9-20)27-26(30)28(35)33(29(27)36)24-14-13-21(18-32)22-10-5-6-11-23(22)24/h2-14,26-27H,15-17,19H2,1H3/b12-7+/t26-,27+,30?,31?/m1/s1. The van der Waals surface area contributed by atoms with E-state index in [4.69, 9.17) is 9.47 Å². The van der Waals surface area contributed by atoms with E-state index in [2.05, 4.69) is 6.07 Å². The first kappa shape index (κ1) is 24.1. The molecule has 0 radical (unpaired) electrons. The van der Waals surface area contributed by atoms with Crippen LogP contribution in [0, 0.1) is 23.2 Å². The smallest absolute Gasteiger partial charge is 0.330 e. The highest BCUT2D eigenvalue weighted by molar-refractivity contribution is 6.26. The number of carbonyl (C=O) groups is 3. The number of anilines is 1. The highest BCUT2D eigenvalue weighted by Crippen LogP contribution is 2.62. The number of hydrogen-bond donors (Lipinski definition) is 0. The molecule has 0 aliphatic carbocycles. The minimum Gasteiger partial charge on any atom is -0.458 e. The zero-order chi connectivity index (χ0) is 26.5. The highest BCUT2D eigenvalue weighted by atomic mass is 16.5. The first-order chi connectivity index (χ1) is 18.4. The molecule has 0 spiro atoms. The number of amides is 2. The van der Waals surface area contributed by atoms with E-state index in [0.29, 0.717) is 41.3 Å². The number of carbonyl (C=O) groups excluding carboxylic acids is 3. The van der Waals surface area contributed by atoms with Gasteiger partial charge in [-0.3, -0.25) is 9.59 Å². The molecule has 3 aromatic rings. The van der Waals surface area contributed by atoms with E-state index in [1.807, 2.05) is 61.5 Å². The number of nitrogens with zero attached hydrogens (tertiary/aromatic N) is 2. The Hall–Kier alpha value is -4.28. The van der Waals surface area contributed by atoms with Crippen molar-refractivity contribution in [1.82, 2.24) is 0 Å². The van der Waals surface area contributed by atoms with Crippen LogP contribution in [0.15, 0.2) is 78.9 Å². The first-order valence-corrected chi connectivity index (χ1v) is 12.7. The molecule has 7 nitrogen and oxygen atoms in total. The van der Waals surface area contributed by atoms with Gasteiger partial charge >= 0.3 is 5.97 Å². The highest BCUT2D eigenvalue weighted by Gasteiger charge is 2.73. The van der Waals surface area contributed by atoms with E-state index in [0.717, 1.165) is 5.56 Å². The van der Waals surface area contributed by atoms with Gasteiger partial charge in [0, 0.05) is 16.8 Å². The minimum absolute atomic E-state index is 0.176. The second-order valence-electron chi connectivity index (χ2n) is 10.4. The molecule has 0 saturated carbocycles. The van der Waals surface area contributed by atoms with E-state index >= 15 is 0 Å². The van der Waals surface area contributed by atoms with Crippen molar-refractivity contribution >= 4 is 34.2 Å². The third-order valence-corrected chi connectivity index (χ3v) is 8.22. The van der Waals surface area contributed by atoms with Gasteiger partial charge in [-0.05, 0) is 43.9 Å². The summed E-state index contributed by atoms with van der Waals surface area (Å²) in [5.41, 5.74) is 0.254. The number of ether oxygens (including phenoxy) is 2. The molecule has 190 valence electrons. The van der Waals surface area contributed by atoms with Crippen LogP contribution < -0.4 is 4.90 Å². The Morgan fingerprint density at radius 3 is 2.50 bits per heavy atom. The largest absolute Gasteiger partial charge is 0.458 e. The number of benzene rings is 3. The van der Waals surface area contributed by atoms with Crippen LogP contribution in [-0.4, -0.2) is 29.0 Å². The van der Waals surface area contributed by atoms with Gasteiger partial charge in [-0.25, -0.2) is 9.69 Å². The fourth-order valence-corrected chi connectivity index (χ4v) is 6.49. The van der Waals surface area contributed by atoms with E-state index < -0.39 is 29.0 Å². The Kier molecular flexibility index (Phi) is 5.66. The van der Waals surface area contributed by atoms with Crippen LogP contribution in [-0.2, 0) is 30.5 Å². The average molecular weight is 507 g/mol. The third-order valence-electron chi connectivity index (χ3n) is 8.22. The van der Waals surface area contributed by atoms with Crippen LogP contribution >= 0.6 is 0 Å². The Labute approximate surface area is 220 Å². The average Bonchev–Trinajstić information content (AvgIpc) is 3.51. The quantitative estimate of drug-likeness (QED) is 0.270. The maximum Gasteiger partial charge on any atom is 0.330 e. The topological polar surface area (TPSA) is 96.7 Å². The van der Waals surface area contributed by atoms with Crippen molar-refractivity contribution in [1.29, 1.82) is 5.26 Å². The minimum atomic E-state index is -0.862. The summed E-state index contributed by atoms with van der Waals surface area (Å²) in [5, 5.41) is 10.9. The third kappa shape index (κ3) is 3.64. The fraction of sp³-hybridized carbons (Fsp3) is 0.290. The molecule has 6 rings (SSSR count). The summed E-state index contributed by atoms with van der Waals surface area (Å²) < 4.78 is 11.8. The summed E-state index contributed by atoms with van der Waals surface area (Å²) in [6, 6.07) is 22.2. The molecule has 38 heavy (non-hydrogen) atoms. The number of nitriles is 1. The monoisotopic (exact) mass is 506 g/mol. The number of esters is 1. The van der Waals surface area contributed by atoms with Crippen molar-refractivity contribution in [3.8, 4) is 6.07 Å². The Morgan fingerprint density at radius 1 is 1.03 bits per heavy atom. The van der Waals surface area contributed by atoms with Crippen molar-refractivity contribution in [3.63, 3.8) is 0 Å². The molecule has 4 atom stereocenters. The summed E-state index contributed by atoms with van der Waals surface area (Å²) in [5.74, 6) is -2.28. The maximum absolute atomic E-state index is 13.9. The summed E-state index contributed by atoms with van der Waals surface area (Å²) in [7, 11) is 0. The molecule has 3 aliphatic heterocycles. The molecule has 7 heteroatoms. The van der Waals surface area contributed by atoms with Crippen molar-refractivity contribution in [2.75, 3.05) is 4.90 Å². The molecule has 0 N–H and O–H groups in total. The van der Waals surface area contributed by atoms with Gasteiger partial charge in [-0.15, -0.1) is 0 Å². The van der Waals surface area contributed by atoms with Crippen LogP contribution in [0.5, 0.6) is 0 Å². The second-order valence-corrected chi connectivity index (χ2v) is 10.4. The molecule has 3 aromatic carbocycles. The van der Waals surface area contributed by atoms with Crippen LogP contribution in [0.3, 0.4) is 0 Å². The van der Waals surface area contributed by atoms with Crippen LogP contribution in [0.1, 0.15) is 37.3 Å². The van der Waals surface area contributed by atoms with E-state index in [-0.39, 0.29) is 18.4 Å². The van der Waals surface area contributed by atoms with Gasteiger partial charge in [-0.2, -0.15) is 5.26 Å². The molecular formula is C31H26N2O5. The molecule has 2 amide bonds. The van der Waals surface area contributed by atoms with Gasteiger partial charge in [0.05, 0.1) is 40.4 Å². The van der Waals surface area contributed by atoms with Gasteiger partial charge in [-0.1, -0.05) is 60.7 Å². The van der Waals surface area contributed by atoms with E-state index in [1.54, 1.807) is 18.2 Å². The number of fused-ring (bicyclic) bond motifs is 6. The summed E-state index contributed by atoms with van der Waals surface area (Å²) >= 11 is 0. The lowest BCUT2D eigenvalue weighted by Crippen LogP contribution is -2.41. The maximum atomic E-state index is 13.9. The SMILES string of the molecule is CC12CCC(C/C=C/C(=O)OCc3ccccc3)(O1)[C@@H]1C(=O)N(c3ccc(C#N)c4ccccc34)C(=O)[C@@H]12. The second kappa shape index (κ2) is 8.93. The van der Waals surface area contributed by atoms with Crippen LogP contribution in [0.2, 0.25) is 0 Å². The van der Waals surface area contributed by atoms with E-state index in [1.165, 1.54) is 11.0 Å². The Bertz CT molecular complexity index is 1540. The van der Waals surface area contributed by atoms with Gasteiger partial charge in [0.15, 0.2) is 0 Å². The fourth-order valence-electron chi connectivity index (χ4n) is 6.49. The zero-order valence-electron chi connectivity index (χ0n) is 20.9. The molecule has 2 unspecified atom stereocenters. The number of rotatable bonds is 6. The van der Waals surface area contributed by atoms with Crippen LogP contribution in [0.4, 0.5) is 5.69 Å². The van der Waals surface area contributed by atoms with Gasteiger partial charge in [0.1, 0.15) is 6.61 Å².